The van der Waals surface area contributed by atoms with Gasteiger partial charge in [-0.3, -0.25) is 0 Å². The molecule has 2 N–H and O–H groups in total. The van der Waals surface area contributed by atoms with Gasteiger partial charge in [0.05, 0.1) is 0 Å². The van der Waals surface area contributed by atoms with Gasteiger partial charge in [0.25, 0.3) is 0 Å². The number of hydrogen-bond acceptors (Lipinski definition) is 3. The van der Waals surface area contributed by atoms with E-state index in [1.807, 2.05) is 6.92 Å². The summed E-state index contributed by atoms with van der Waals surface area (Å²) in [6.45, 7) is 3.91. The first-order valence-corrected chi connectivity index (χ1v) is 4.43. The molecule has 5 heteroatoms. The Bertz CT molecular complexity index is 331. The molecule has 0 bridgehead atoms. The Morgan fingerprint density at radius 2 is 2.36 bits per heavy atom. The Morgan fingerprint density at radius 3 is 2.86 bits per heavy atom. The number of imidazole rings is 1. The molecular weight excluding hydrogens is 184 g/mol. The molecular formula is C9H14N2O3. The number of rotatable bonds is 4. The third-order valence-electron chi connectivity index (χ3n) is 2.11. The van der Waals surface area contributed by atoms with E-state index < -0.39 is 11.6 Å². The van der Waals surface area contributed by atoms with Crippen molar-refractivity contribution in [2.45, 2.75) is 32.4 Å². The highest BCUT2D eigenvalue weighted by Gasteiger charge is 2.31. The summed E-state index contributed by atoms with van der Waals surface area (Å²) in [5, 5.41) is 18.2. The summed E-state index contributed by atoms with van der Waals surface area (Å²) >= 11 is 0. The molecule has 1 unspecified atom stereocenters. The Labute approximate surface area is 82.0 Å². The molecule has 1 rings (SSSR count). The highest BCUT2D eigenvalue weighted by atomic mass is 16.4. The first-order valence-electron chi connectivity index (χ1n) is 4.43. The van der Waals surface area contributed by atoms with Crippen LogP contribution in [0.25, 0.3) is 0 Å². The molecule has 0 aliphatic heterocycles. The Morgan fingerprint density at radius 1 is 1.71 bits per heavy atom. The van der Waals surface area contributed by atoms with Gasteiger partial charge in [-0.25, -0.2) is 9.78 Å². The predicted octanol–water partition coefficient (Wildman–Crippen LogP) is 0.281. The van der Waals surface area contributed by atoms with Crippen LogP contribution in [-0.4, -0.2) is 31.3 Å². The van der Waals surface area contributed by atoms with E-state index in [0.29, 0.717) is 12.4 Å². The zero-order chi connectivity index (χ0) is 10.8. The van der Waals surface area contributed by atoms with Crippen molar-refractivity contribution in [1.29, 1.82) is 0 Å². The molecule has 1 heterocycles. The van der Waals surface area contributed by atoms with Gasteiger partial charge in [0.15, 0.2) is 5.60 Å². The van der Waals surface area contributed by atoms with E-state index in [1.54, 1.807) is 17.0 Å². The van der Waals surface area contributed by atoms with E-state index in [9.17, 15) is 9.90 Å². The fourth-order valence-corrected chi connectivity index (χ4v) is 1.18. The topological polar surface area (TPSA) is 75.3 Å². The maximum absolute atomic E-state index is 10.7. The van der Waals surface area contributed by atoms with E-state index in [2.05, 4.69) is 4.98 Å². The van der Waals surface area contributed by atoms with Crippen molar-refractivity contribution in [3.05, 3.63) is 18.2 Å². The molecule has 0 saturated heterocycles. The summed E-state index contributed by atoms with van der Waals surface area (Å²) in [4.78, 5) is 14.7. The number of nitrogens with zero attached hydrogens (tertiary/aromatic N) is 2. The number of hydrogen-bond donors (Lipinski definition) is 2. The van der Waals surface area contributed by atoms with Crippen molar-refractivity contribution in [3.63, 3.8) is 0 Å². The number of carboxylic acids is 1. The van der Waals surface area contributed by atoms with Gasteiger partial charge >= 0.3 is 5.97 Å². The van der Waals surface area contributed by atoms with Crippen LogP contribution in [-0.2, 0) is 17.8 Å². The SMILES string of the molecule is CCn1ccnc1CC(C)(O)C(=O)O. The van der Waals surface area contributed by atoms with Gasteiger partial charge in [0.2, 0.25) is 0 Å². The van der Waals surface area contributed by atoms with E-state index >= 15 is 0 Å². The molecule has 0 saturated carbocycles. The lowest BCUT2D eigenvalue weighted by molar-refractivity contribution is -0.156. The fourth-order valence-electron chi connectivity index (χ4n) is 1.18. The van der Waals surface area contributed by atoms with Gasteiger partial charge in [-0.15, -0.1) is 0 Å². The molecule has 0 aromatic carbocycles. The molecule has 0 aliphatic carbocycles. The van der Waals surface area contributed by atoms with Crippen LogP contribution in [0.15, 0.2) is 12.4 Å². The quantitative estimate of drug-likeness (QED) is 0.728. The summed E-state index contributed by atoms with van der Waals surface area (Å²) < 4.78 is 1.80. The molecule has 1 aromatic rings. The van der Waals surface area contributed by atoms with E-state index in [4.69, 9.17) is 5.11 Å². The lowest BCUT2D eigenvalue weighted by atomic mass is 10.0. The van der Waals surface area contributed by atoms with Crippen LogP contribution >= 0.6 is 0 Å². The van der Waals surface area contributed by atoms with Crippen LogP contribution in [0.3, 0.4) is 0 Å². The summed E-state index contributed by atoms with van der Waals surface area (Å²) in [5.41, 5.74) is -1.75. The van der Waals surface area contributed by atoms with E-state index in [-0.39, 0.29) is 6.42 Å². The molecule has 78 valence electrons. The molecule has 1 atom stereocenters. The van der Waals surface area contributed by atoms with Gasteiger partial charge in [0, 0.05) is 25.4 Å². The second-order valence-electron chi connectivity index (χ2n) is 3.39. The number of aliphatic carboxylic acids is 1. The average Bonchev–Trinajstić information content (AvgIpc) is 2.50. The number of aliphatic hydroxyl groups is 1. The van der Waals surface area contributed by atoms with Crippen molar-refractivity contribution in [2.24, 2.45) is 0 Å². The number of carboxylic acid groups (broad SMARTS) is 1. The maximum Gasteiger partial charge on any atom is 0.335 e. The molecule has 0 fully saturated rings. The number of aromatic nitrogens is 2. The first kappa shape index (κ1) is 10.7. The second-order valence-corrected chi connectivity index (χ2v) is 3.39. The first-order chi connectivity index (χ1) is 6.47. The van der Waals surface area contributed by atoms with Gasteiger partial charge in [-0.05, 0) is 13.8 Å². The van der Waals surface area contributed by atoms with Gasteiger partial charge in [0.1, 0.15) is 5.82 Å². The maximum atomic E-state index is 10.7. The molecule has 0 spiro atoms. The van der Waals surface area contributed by atoms with Crippen LogP contribution < -0.4 is 0 Å². The molecule has 0 aliphatic rings. The smallest absolute Gasteiger partial charge is 0.335 e. The molecule has 0 amide bonds. The van der Waals surface area contributed by atoms with Crippen molar-refractivity contribution in [2.75, 3.05) is 0 Å². The van der Waals surface area contributed by atoms with Crippen LogP contribution in [0.1, 0.15) is 19.7 Å². The van der Waals surface area contributed by atoms with E-state index in [0.717, 1.165) is 0 Å². The van der Waals surface area contributed by atoms with Crippen molar-refractivity contribution >= 4 is 5.97 Å². The number of carbonyl (C=O) groups is 1. The average molecular weight is 198 g/mol. The zero-order valence-electron chi connectivity index (χ0n) is 8.27. The summed E-state index contributed by atoms with van der Waals surface area (Å²) in [7, 11) is 0. The van der Waals surface area contributed by atoms with Crippen molar-refractivity contribution in [3.8, 4) is 0 Å². The largest absolute Gasteiger partial charge is 0.479 e. The Hall–Kier alpha value is -1.36. The monoisotopic (exact) mass is 198 g/mol. The summed E-state index contributed by atoms with van der Waals surface area (Å²) in [5.74, 6) is -0.650. The third kappa shape index (κ3) is 2.11. The lowest BCUT2D eigenvalue weighted by Gasteiger charge is -2.17. The molecule has 5 nitrogen and oxygen atoms in total. The van der Waals surface area contributed by atoms with E-state index in [1.165, 1.54) is 6.92 Å². The van der Waals surface area contributed by atoms with Crippen molar-refractivity contribution < 1.29 is 15.0 Å². The minimum Gasteiger partial charge on any atom is -0.479 e. The minimum absolute atomic E-state index is 0.0170. The zero-order valence-corrected chi connectivity index (χ0v) is 8.27. The Kier molecular flexibility index (Phi) is 2.90. The highest BCUT2D eigenvalue weighted by molar-refractivity contribution is 5.76. The van der Waals surface area contributed by atoms with Crippen LogP contribution in [0.4, 0.5) is 0 Å². The Balaban J connectivity index is 2.83. The summed E-state index contributed by atoms with van der Waals surface area (Å²) in [6.07, 6.45) is 3.37. The highest BCUT2D eigenvalue weighted by Crippen LogP contribution is 2.11. The molecule has 0 radical (unpaired) electrons. The van der Waals surface area contributed by atoms with Crippen LogP contribution in [0.2, 0.25) is 0 Å². The second kappa shape index (κ2) is 3.79. The van der Waals surface area contributed by atoms with Crippen molar-refractivity contribution in [1.82, 2.24) is 9.55 Å². The number of aryl methyl sites for hydroxylation is 1. The fraction of sp³-hybridized carbons (Fsp3) is 0.556. The predicted molar refractivity (Wildman–Crippen MR) is 49.9 cm³/mol. The lowest BCUT2D eigenvalue weighted by Crippen LogP contribution is -2.38. The summed E-state index contributed by atoms with van der Waals surface area (Å²) in [6, 6.07) is 0. The molecule has 14 heavy (non-hydrogen) atoms. The minimum atomic E-state index is -1.75. The van der Waals surface area contributed by atoms with Crippen LogP contribution in [0.5, 0.6) is 0 Å². The molecule has 1 aromatic heterocycles. The van der Waals surface area contributed by atoms with Gasteiger partial charge in [-0.2, -0.15) is 0 Å². The van der Waals surface area contributed by atoms with Gasteiger partial charge in [-0.1, -0.05) is 0 Å². The van der Waals surface area contributed by atoms with Gasteiger partial charge < -0.3 is 14.8 Å². The standard InChI is InChI=1S/C9H14N2O3/c1-3-11-5-4-10-7(11)6-9(2,14)8(12)13/h4-5,14H,3,6H2,1-2H3,(H,12,13). The van der Waals surface area contributed by atoms with Crippen LogP contribution in [0, 0.1) is 0 Å². The normalized spacial score (nSPS) is 15.1. The third-order valence-corrected chi connectivity index (χ3v) is 2.11.